The maximum absolute atomic E-state index is 12.4. The lowest BCUT2D eigenvalue weighted by Gasteiger charge is -2.36. The van der Waals surface area contributed by atoms with Gasteiger partial charge in [-0.2, -0.15) is 0 Å². The van der Waals surface area contributed by atoms with Crippen molar-refractivity contribution in [2.45, 2.75) is 45.1 Å². The van der Waals surface area contributed by atoms with Crippen molar-refractivity contribution in [1.29, 1.82) is 0 Å². The van der Waals surface area contributed by atoms with E-state index in [4.69, 9.17) is 5.73 Å². The molecule has 0 aromatic heterocycles. The third-order valence-electron chi connectivity index (χ3n) is 4.38. The highest BCUT2D eigenvalue weighted by Crippen LogP contribution is 2.23. The minimum absolute atomic E-state index is 0.00330. The first-order valence-electron chi connectivity index (χ1n) is 7.36. The van der Waals surface area contributed by atoms with Crippen molar-refractivity contribution in [3.05, 3.63) is 0 Å². The van der Waals surface area contributed by atoms with Gasteiger partial charge >= 0.3 is 0 Å². The predicted molar refractivity (Wildman–Crippen MR) is 73.3 cm³/mol. The van der Waals surface area contributed by atoms with E-state index in [1.807, 2.05) is 4.90 Å². The largest absolute Gasteiger partial charge is 0.370 e. The summed E-state index contributed by atoms with van der Waals surface area (Å²) in [5.41, 5.74) is 5.22. The number of hydrogen-bond donors (Lipinski definition) is 2. The van der Waals surface area contributed by atoms with Crippen molar-refractivity contribution in [2.75, 3.05) is 19.6 Å². The number of carbonyl (C=O) groups is 2. The highest BCUT2D eigenvalue weighted by atomic mass is 16.2. The first kappa shape index (κ1) is 14.3. The van der Waals surface area contributed by atoms with E-state index in [2.05, 4.69) is 12.2 Å². The molecule has 3 N–H and O–H groups in total. The van der Waals surface area contributed by atoms with Crippen molar-refractivity contribution in [2.24, 2.45) is 17.6 Å². The number of rotatable bonds is 3. The quantitative estimate of drug-likeness (QED) is 0.781. The summed E-state index contributed by atoms with van der Waals surface area (Å²) >= 11 is 0. The average molecular weight is 267 g/mol. The number of primary amides is 1. The van der Waals surface area contributed by atoms with Gasteiger partial charge in [-0.3, -0.25) is 9.59 Å². The Kier molecular flexibility index (Phi) is 4.80. The second-order valence-corrected chi connectivity index (χ2v) is 6.08. The van der Waals surface area contributed by atoms with E-state index in [1.165, 1.54) is 0 Å². The Balaban J connectivity index is 1.80. The highest BCUT2D eigenvalue weighted by molar-refractivity contribution is 5.82. The Morgan fingerprint density at radius 1 is 1.26 bits per heavy atom. The van der Waals surface area contributed by atoms with Gasteiger partial charge in [0.1, 0.15) is 0 Å². The Labute approximate surface area is 114 Å². The van der Waals surface area contributed by atoms with Crippen LogP contribution in [-0.4, -0.2) is 42.4 Å². The predicted octanol–water partition coefficient (Wildman–Crippen LogP) is 0.489. The van der Waals surface area contributed by atoms with Crippen LogP contribution >= 0.6 is 0 Å². The third kappa shape index (κ3) is 3.93. The fraction of sp³-hybridized carbons (Fsp3) is 0.857. The van der Waals surface area contributed by atoms with Crippen LogP contribution in [0.5, 0.6) is 0 Å². The molecular formula is C14H25N3O2. The van der Waals surface area contributed by atoms with Gasteiger partial charge < -0.3 is 16.0 Å². The van der Waals surface area contributed by atoms with Crippen LogP contribution in [0.1, 0.15) is 39.0 Å². The lowest BCUT2D eigenvalue weighted by atomic mass is 9.90. The molecule has 5 heteroatoms. The normalized spacial score (nSPS) is 29.2. The van der Waals surface area contributed by atoms with Crippen LogP contribution in [0.3, 0.4) is 0 Å². The number of piperidine rings is 2. The van der Waals surface area contributed by atoms with Crippen molar-refractivity contribution >= 4 is 11.8 Å². The Morgan fingerprint density at radius 2 is 1.95 bits per heavy atom. The van der Waals surface area contributed by atoms with E-state index in [0.717, 1.165) is 45.3 Å². The van der Waals surface area contributed by atoms with Crippen LogP contribution in [0.15, 0.2) is 0 Å². The van der Waals surface area contributed by atoms with Crippen LogP contribution in [-0.2, 0) is 9.59 Å². The summed E-state index contributed by atoms with van der Waals surface area (Å²) in [6, 6.07) is -0.00330. The zero-order valence-electron chi connectivity index (χ0n) is 11.7. The van der Waals surface area contributed by atoms with E-state index in [9.17, 15) is 9.59 Å². The molecule has 108 valence electrons. The van der Waals surface area contributed by atoms with Gasteiger partial charge in [-0.1, -0.05) is 6.92 Å². The first-order chi connectivity index (χ1) is 9.06. The molecule has 5 nitrogen and oxygen atoms in total. The molecule has 2 amide bonds. The topological polar surface area (TPSA) is 75.4 Å². The number of carbonyl (C=O) groups excluding carboxylic acids is 2. The second-order valence-electron chi connectivity index (χ2n) is 6.08. The fourth-order valence-electron chi connectivity index (χ4n) is 3.16. The van der Waals surface area contributed by atoms with Gasteiger partial charge in [0.2, 0.25) is 11.8 Å². The molecule has 0 saturated carbocycles. The van der Waals surface area contributed by atoms with Gasteiger partial charge in [0.15, 0.2) is 0 Å². The van der Waals surface area contributed by atoms with Gasteiger partial charge in [0.25, 0.3) is 0 Å². The van der Waals surface area contributed by atoms with Crippen LogP contribution in [0, 0.1) is 11.8 Å². The van der Waals surface area contributed by atoms with Gasteiger partial charge in [0.05, 0.1) is 6.04 Å². The maximum Gasteiger partial charge on any atom is 0.239 e. The summed E-state index contributed by atoms with van der Waals surface area (Å²) in [6.45, 7) is 4.68. The minimum Gasteiger partial charge on any atom is -0.370 e. The van der Waals surface area contributed by atoms with Gasteiger partial charge in [-0.25, -0.2) is 0 Å². The molecular weight excluding hydrogens is 242 g/mol. The number of nitrogens with zero attached hydrogens (tertiary/aromatic N) is 1. The molecule has 2 aliphatic heterocycles. The van der Waals surface area contributed by atoms with Crippen LogP contribution < -0.4 is 11.1 Å². The SMILES string of the molecule is CC1CCNC(C(=O)N2CCC(CC(N)=O)CC2)C1. The Hall–Kier alpha value is -1.10. The Morgan fingerprint density at radius 3 is 2.53 bits per heavy atom. The summed E-state index contributed by atoms with van der Waals surface area (Å²) in [6.07, 6.45) is 4.36. The zero-order chi connectivity index (χ0) is 13.8. The summed E-state index contributed by atoms with van der Waals surface area (Å²) in [5, 5.41) is 3.32. The van der Waals surface area contributed by atoms with Gasteiger partial charge in [0, 0.05) is 19.5 Å². The van der Waals surface area contributed by atoms with Crippen molar-refractivity contribution in [3.8, 4) is 0 Å². The average Bonchev–Trinajstić information content (AvgIpc) is 2.38. The number of likely N-dealkylation sites (tertiary alicyclic amines) is 1. The number of hydrogen-bond acceptors (Lipinski definition) is 3. The number of nitrogens with two attached hydrogens (primary N) is 1. The molecule has 0 aliphatic carbocycles. The van der Waals surface area contributed by atoms with Crippen molar-refractivity contribution in [3.63, 3.8) is 0 Å². The molecule has 0 bridgehead atoms. The molecule has 2 atom stereocenters. The molecule has 0 radical (unpaired) electrons. The molecule has 0 spiro atoms. The zero-order valence-corrected chi connectivity index (χ0v) is 11.7. The second kappa shape index (κ2) is 6.37. The summed E-state index contributed by atoms with van der Waals surface area (Å²) in [4.78, 5) is 25.2. The summed E-state index contributed by atoms with van der Waals surface area (Å²) in [7, 11) is 0. The standard InChI is InChI=1S/C14H25N3O2/c1-10-2-5-16-12(8-10)14(19)17-6-3-11(4-7-17)9-13(15)18/h10-12,16H,2-9H2,1H3,(H2,15,18). The lowest BCUT2D eigenvalue weighted by Crippen LogP contribution is -2.52. The van der Waals surface area contributed by atoms with Crippen molar-refractivity contribution in [1.82, 2.24) is 10.2 Å². The number of nitrogens with one attached hydrogen (secondary N) is 1. The van der Waals surface area contributed by atoms with Crippen LogP contribution in [0.4, 0.5) is 0 Å². The van der Waals surface area contributed by atoms with E-state index in [1.54, 1.807) is 0 Å². The molecule has 2 saturated heterocycles. The smallest absolute Gasteiger partial charge is 0.239 e. The minimum atomic E-state index is -0.229. The molecule has 2 aliphatic rings. The number of amides is 2. The van der Waals surface area contributed by atoms with Gasteiger partial charge in [-0.05, 0) is 44.1 Å². The first-order valence-corrected chi connectivity index (χ1v) is 7.36. The molecule has 0 aromatic carbocycles. The van der Waals surface area contributed by atoms with Crippen LogP contribution in [0.25, 0.3) is 0 Å². The van der Waals surface area contributed by atoms with E-state index < -0.39 is 0 Å². The lowest BCUT2D eigenvalue weighted by molar-refractivity contribution is -0.135. The van der Waals surface area contributed by atoms with E-state index in [-0.39, 0.29) is 17.9 Å². The monoisotopic (exact) mass is 267 g/mol. The van der Waals surface area contributed by atoms with Gasteiger partial charge in [-0.15, -0.1) is 0 Å². The Bertz CT molecular complexity index is 338. The van der Waals surface area contributed by atoms with E-state index in [0.29, 0.717) is 18.3 Å². The highest BCUT2D eigenvalue weighted by Gasteiger charge is 2.30. The summed E-state index contributed by atoms with van der Waals surface area (Å²) in [5.74, 6) is 0.999. The fourth-order valence-corrected chi connectivity index (χ4v) is 3.16. The molecule has 19 heavy (non-hydrogen) atoms. The van der Waals surface area contributed by atoms with Crippen molar-refractivity contribution < 1.29 is 9.59 Å². The molecule has 2 fully saturated rings. The molecule has 2 unspecified atom stereocenters. The summed E-state index contributed by atoms with van der Waals surface area (Å²) < 4.78 is 0. The molecule has 2 heterocycles. The molecule has 2 rings (SSSR count). The van der Waals surface area contributed by atoms with E-state index >= 15 is 0 Å². The van der Waals surface area contributed by atoms with Crippen LogP contribution in [0.2, 0.25) is 0 Å². The molecule has 0 aromatic rings. The maximum atomic E-state index is 12.4. The third-order valence-corrected chi connectivity index (χ3v) is 4.38.